The van der Waals surface area contributed by atoms with E-state index >= 15 is 0 Å². The summed E-state index contributed by atoms with van der Waals surface area (Å²) in [6, 6.07) is 6.49. The second-order valence-electron chi connectivity index (χ2n) is 6.41. The van der Waals surface area contributed by atoms with Gasteiger partial charge in [-0.2, -0.15) is 0 Å². The molecule has 1 N–H and O–H groups in total. The Balaban J connectivity index is 1.65. The fourth-order valence-corrected chi connectivity index (χ4v) is 3.02. The van der Waals surface area contributed by atoms with Gasteiger partial charge in [0.2, 0.25) is 5.91 Å². The number of hydrogen-bond donors (Lipinski definition) is 1. The standard InChI is InChI=1S/C19H29NO2/c1-15-9-7-12-18(16(15)2)22-14-8-13-19(21)20-17-10-5-3-4-6-11-17/h7,9,12,17H,3-6,8,10-11,13-14H2,1-2H3,(H,20,21). The first-order valence-electron chi connectivity index (χ1n) is 8.65. The summed E-state index contributed by atoms with van der Waals surface area (Å²) in [6.45, 7) is 4.76. The van der Waals surface area contributed by atoms with Crippen molar-refractivity contribution < 1.29 is 9.53 Å². The lowest BCUT2D eigenvalue weighted by molar-refractivity contribution is -0.122. The Morgan fingerprint density at radius 3 is 2.64 bits per heavy atom. The second kappa shape index (κ2) is 8.82. The largest absolute Gasteiger partial charge is 0.493 e. The van der Waals surface area contributed by atoms with Gasteiger partial charge in [-0.05, 0) is 50.3 Å². The van der Waals surface area contributed by atoms with Crippen LogP contribution in [-0.2, 0) is 4.79 Å². The van der Waals surface area contributed by atoms with Gasteiger partial charge in [0.05, 0.1) is 6.61 Å². The summed E-state index contributed by atoms with van der Waals surface area (Å²) in [5, 5.41) is 3.18. The van der Waals surface area contributed by atoms with Crippen molar-refractivity contribution in [3.8, 4) is 5.75 Å². The molecule has 122 valence electrons. The summed E-state index contributed by atoms with van der Waals surface area (Å²) in [7, 11) is 0. The van der Waals surface area contributed by atoms with Gasteiger partial charge in [-0.1, -0.05) is 37.8 Å². The molecule has 0 unspecified atom stereocenters. The summed E-state index contributed by atoms with van der Waals surface area (Å²) in [4.78, 5) is 12.0. The number of carbonyl (C=O) groups excluding carboxylic acids is 1. The summed E-state index contributed by atoms with van der Waals surface area (Å²) in [5.74, 6) is 1.11. The van der Waals surface area contributed by atoms with Crippen LogP contribution in [0.3, 0.4) is 0 Å². The van der Waals surface area contributed by atoms with E-state index in [0.717, 1.165) is 25.0 Å². The number of ether oxygens (including phenoxy) is 1. The molecular formula is C19H29NO2. The average molecular weight is 303 g/mol. The quantitative estimate of drug-likeness (QED) is 0.628. The van der Waals surface area contributed by atoms with E-state index in [1.54, 1.807) is 0 Å². The predicted octanol–water partition coefficient (Wildman–Crippen LogP) is 4.30. The van der Waals surface area contributed by atoms with Crippen LogP contribution in [0.15, 0.2) is 18.2 Å². The van der Waals surface area contributed by atoms with Gasteiger partial charge >= 0.3 is 0 Å². The van der Waals surface area contributed by atoms with Crippen molar-refractivity contribution in [1.82, 2.24) is 5.32 Å². The van der Waals surface area contributed by atoms with Crippen molar-refractivity contribution in [1.29, 1.82) is 0 Å². The highest BCUT2D eigenvalue weighted by Crippen LogP contribution is 2.21. The zero-order chi connectivity index (χ0) is 15.8. The van der Waals surface area contributed by atoms with Crippen molar-refractivity contribution in [3.05, 3.63) is 29.3 Å². The van der Waals surface area contributed by atoms with Crippen molar-refractivity contribution >= 4 is 5.91 Å². The van der Waals surface area contributed by atoms with Crippen LogP contribution < -0.4 is 10.1 Å². The number of aryl methyl sites for hydroxylation is 1. The van der Waals surface area contributed by atoms with Crippen LogP contribution in [0, 0.1) is 13.8 Å². The van der Waals surface area contributed by atoms with Gasteiger partial charge < -0.3 is 10.1 Å². The minimum absolute atomic E-state index is 0.177. The van der Waals surface area contributed by atoms with Crippen LogP contribution in [0.1, 0.15) is 62.5 Å². The molecule has 3 nitrogen and oxygen atoms in total. The van der Waals surface area contributed by atoms with Crippen LogP contribution >= 0.6 is 0 Å². The molecule has 0 saturated heterocycles. The van der Waals surface area contributed by atoms with Crippen LogP contribution in [0.4, 0.5) is 0 Å². The maximum Gasteiger partial charge on any atom is 0.220 e. The molecule has 3 heteroatoms. The minimum Gasteiger partial charge on any atom is -0.493 e. The molecule has 1 fully saturated rings. The first kappa shape index (κ1) is 16.9. The van der Waals surface area contributed by atoms with Crippen LogP contribution in [0.2, 0.25) is 0 Å². The van der Waals surface area contributed by atoms with Gasteiger partial charge in [-0.25, -0.2) is 0 Å². The van der Waals surface area contributed by atoms with Gasteiger partial charge in [0.25, 0.3) is 0 Å². The van der Waals surface area contributed by atoms with Crippen LogP contribution in [0.25, 0.3) is 0 Å². The third kappa shape index (κ3) is 5.36. The Kier molecular flexibility index (Phi) is 6.75. The molecule has 0 bridgehead atoms. The molecule has 1 saturated carbocycles. The lowest BCUT2D eigenvalue weighted by atomic mass is 10.1. The Morgan fingerprint density at radius 1 is 1.18 bits per heavy atom. The number of hydrogen-bond acceptors (Lipinski definition) is 2. The monoisotopic (exact) mass is 303 g/mol. The first-order chi connectivity index (χ1) is 10.7. The molecule has 0 atom stereocenters. The van der Waals surface area contributed by atoms with Crippen molar-refractivity contribution in [3.63, 3.8) is 0 Å². The molecular weight excluding hydrogens is 274 g/mol. The number of nitrogens with one attached hydrogen (secondary N) is 1. The Hall–Kier alpha value is -1.51. The molecule has 1 amide bonds. The number of rotatable bonds is 6. The minimum atomic E-state index is 0.177. The Labute approximate surface area is 134 Å². The third-order valence-corrected chi connectivity index (χ3v) is 4.58. The maximum atomic E-state index is 12.0. The molecule has 0 radical (unpaired) electrons. The Bertz CT molecular complexity index is 476. The van der Waals surface area contributed by atoms with Crippen LogP contribution in [-0.4, -0.2) is 18.6 Å². The van der Waals surface area contributed by atoms with E-state index in [2.05, 4.69) is 25.2 Å². The zero-order valence-corrected chi connectivity index (χ0v) is 14.0. The fraction of sp³-hybridized carbons (Fsp3) is 0.632. The van der Waals surface area contributed by atoms with Gasteiger partial charge in [0, 0.05) is 12.5 Å². The summed E-state index contributed by atoms with van der Waals surface area (Å²) < 4.78 is 5.80. The SMILES string of the molecule is Cc1cccc(OCCCC(=O)NC2CCCCCC2)c1C. The molecule has 1 aliphatic rings. The molecule has 1 aliphatic carbocycles. The highest BCUT2D eigenvalue weighted by Gasteiger charge is 2.14. The van der Waals surface area contributed by atoms with E-state index in [1.165, 1.54) is 36.8 Å². The summed E-state index contributed by atoms with van der Waals surface area (Å²) >= 11 is 0. The zero-order valence-electron chi connectivity index (χ0n) is 14.0. The molecule has 2 rings (SSSR count). The number of benzene rings is 1. The molecule has 0 aromatic heterocycles. The molecule has 0 heterocycles. The highest BCUT2D eigenvalue weighted by molar-refractivity contribution is 5.76. The van der Waals surface area contributed by atoms with E-state index in [0.29, 0.717) is 19.1 Å². The van der Waals surface area contributed by atoms with E-state index in [4.69, 9.17) is 4.74 Å². The number of amides is 1. The lowest BCUT2D eigenvalue weighted by Crippen LogP contribution is -2.34. The molecule has 22 heavy (non-hydrogen) atoms. The van der Waals surface area contributed by atoms with E-state index in [9.17, 15) is 4.79 Å². The fourth-order valence-electron chi connectivity index (χ4n) is 3.02. The van der Waals surface area contributed by atoms with E-state index in [1.807, 2.05) is 12.1 Å². The smallest absolute Gasteiger partial charge is 0.220 e. The van der Waals surface area contributed by atoms with Crippen molar-refractivity contribution in [2.24, 2.45) is 0 Å². The topological polar surface area (TPSA) is 38.3 Å². The predicted molar refractivity (Wildman–Crippen MR) is 90.3 cm³/mol. The van der Waals surface area contributed by atoms with Gasteiger partial charge in [0.15, 0.2) is 0 Å². The van der Waals surface area contributed by atoms with Crippen LogP contribution in [0.5, 0.6) is 5.75 Å². The van der Waals surface area contributed by atoms with E-state index in [-0.39, 0.29) is 5.91 Å². The van der Waals surface area contributed by atoms with Gasteiger partial charge in [0.1, 0.15) is 5.75 Å². The lowest BCUT2D eigenvalue weighted by Gasteiger charge is -2.16. The normalized spacial score (nSPS) is 16.1. The summed E-state index contributed by atoms with van der Waals surface area (Å²) in [5.41, 5.74) is 2.43. The van der Waals surface area contributed by atoms with Gasteiger partial charge in [-0.15, -0.1) is 0 Å². The first-order valence-corrected chi connectivity index (χ1v) is 8.65. The van der Waals surface area contributed by atoms with Crippen molar-refractivity contribution in [2.45, 2.75) is 71.3 Å². The van der Waals surface area contributed by atoms with Crippen molar-refractivity contribution in [2.75, 3.05) is 6.61 Å². The molecule has 0 spiro atoms. The number of carbonyl (C=O) groups is 1. The Morgan fingerprint density at radius 2 is 1.91 bits per heavy atom. The highest BCUT2D eigenvalue weighted by atomic mass is 16.5. The van der Waals surface area contributed by atoms with Gasteiger partial charge in [-0.3, -0.25) is 4.79 Å². The third-order valence-electron chi connectivity index (χ3n) is 4.58. The summed E-state index contributed by atoms with van der Waals surface area (Å²) in [6.07, 6.45) is 8.75. The molecule has 0 aliphatic heterocycles. The maximum absolute atomic E-state index is 12.0. The molecule has 1 aromatic rings. The van der Waals surface area contributed by atoms with E-state index < -0.39 is 0 Å². The average Bonchev–Trinajstić information content (AvgIpc) is 2.76. The molecule has 1 aromatic carbocycles. The second-order valence-corrected chi connectivity index (χ2v) is 6.41.